The normalized spacial score (nSPS) is 20.6. The molecule has 19 heavy (non-hydrogen) atoms. The summed E-state index contributed by atoms with van der Waals surface area (Å²) in [5, 5.41) is 2.77. The SMILES string of the molecule is CCC(C)N1C(=O)c2c(N)cccc2NC(=O)C1C. The van der Waals surface area contributed by atoms with Crippen molar-refractivity contribution in [3.63, 3.8) is 0 Å². The van der Waals surface area contributed by atoms with Crippen LogP contribution in [-0.2, 0) is 4.79 Å². The zero-order valence-corrected chi connectivity index (χ0v) is 11.4. The Labute approximate surface area is 112 Å². The highest BCUT2D eigenvalue weighted by atomic mass is 16.2. The molecule has 0 aromatic heterocycles. The van der Waals surface area contributed by atoms with E-state index in [0.29, 0.717) is 16.9 Å². The number of carbonyl (C=O) groups excluding carboxylic acids is 2. The van der Waals surface area contributed by atoms with Crippen LogP contribution >= 0.6 is 0 Å². The second-order valence-electron chi connectivity index (χ2n) is 4.90. The maximum absolute atomic E-state index is 12.7. The Morgan fingerprint density at radius 2 is 2.11 bits per heavy atom. The molecule has 102 valence electrons. The summed E-state index contributed by atoms with van der Waals surface area (Å²) < 4.78 is 0. The molecule has 2 unspecified atom stereocenters. The van der Waals surface area contributed by atoms with E-state index >= 15 is 0 Å². The molecular formula is C14H19N3O2. The van der Waals surface area contributed by atoms with Crippen molar-refractivity contribution in [2.24, 2.45) is 0 Å². The van der Waals surface area contributed by atoms with Crippen molar-refractivity contribution in [2.45, 2.75) is 39.3 Å². The molecule has 1 heterocycles. The molecule has 5 heteroatoms. The number of anilines is 2. The molecule has 0 radical (unpaired) electrons. The number of hydrogen-bond donors (Lipinski definition) is 2. The van der Waals surface area contributed by atoms with Gasteiger partial charge in [-0.2, -0.15) is 0 Å². The van der Waals surface area contributed by atoms with Crippen LogP contribution < -0.4 is 11.1 Å². The second-order valence-corrected chi connectivity index (χ2v) is 4.90. The van der Waals surface area contributed by atoms with Crippen molar-refractivity contribution in [2.75, 3.05) is 11.1 Å². The molecule has 0 saturated carbocycles. The van der Waals surface area contributed by atoms with Crippen molar-refractivity contribution >= 4 is 23.2 Å². The molecule has 1 aliphatic heterocycles. The molecule has 0 spiro atoms. The van der Waals surface area contributed by atoms with Gasteiger partial charge in [0.15, 0.2) is 0 Å². The highest BCUT2D eigenvalue weighted by Gasteiger charge is 2.35. The number of nitrogens with one attached hydrogen (secondary N) is 1. The Morgan fingerprint density at radius 1 is 1.42 bits per heavy atom. The van der Waals surface area contributed by atoms with Gasteiger partial charge in [-0.3, -0.25) is 9.59 Å². The average molecular weight is 261 g/mol. The number of hydrogen-bond acceptors (Lipinski definition) is 3. The summed E-state index contributed by atoms with van der Waals surface area (Å²) in [6.45, 7) is 5.66. The lowest BCUT2D eigenvalue weighted by atomic mass is 10.1. The van der Waals surface area contributed by atoms with Crippen LogP contribution in [-0.4, -0.2) is 28.8 Å². The van der Waals surface area contributed by atoms with Crippen LogP contribution in [0.2, 0.25) is 0 Å². The summed E-state index contributed by atoms with van der Waals surface area (Å²) in [5.41, 5.74) is 7.17. The number of benzene rings is 1. The minimum absolute atomic E-state index is 0.0150. The van der Waals surface area contributed by atoms with Gasteiger partial charge in [0.25, 0.3) is 5.91 Å². The summed E-state index contributed by atoms with van der Waals surface area (Å²) in [6, 6.07) is 4.58. The second kappa shape index (κ2) is 4.91. The van der Waals surface area contributed by atoms with E-state index in [-0.39, 0.29) is 17.9 Å². The molecule has 2 amide bonds. The number of nitrogen functional groups attached to an aromatic ring is 1. The third kappa shape index (κ3) is 2.16. The molecule has 1 aliphatic rings. The van der Waals surface area contributed by atoms with Crippen LogP contribution in [0.15, 0.2) is 18.2 Å². The Balaban J connectivity index is 2.57. The Morgan fingerprint density at radius 3 is 2.74 bits per heavy atom. The lowest BCUT2D eigenvalue weighted by molar-refractivity contribution is -0.120. The number of carbonyl (C=O) groups is 2. The minimum Gasteiger partial charge on any atom is -0.398 e. The summed E-state index contributed by atoms with van der Waals surface area (Å²) in [6.07, 6.45) is 0.783. The predicted molar refractivity (Wildman–Crippen MR) is 74.9 cm³/mol. The van der Waals surface area contributed by atoms with Crippen LogP contribution in [0.5, 0.6) is 0 Å². The van der Waals surface area contributed by atoms with Gasteiger partial charge < -0.3 is 16.0 Å². The number of nitrogens with two attached hydrogens (primary N) is 1. The first-order valence-electron chi connectivity index (χ1n) is 6.49. The van der Waals surface area contributed by atoms with E-state index < -0.39 is 6.04 Å². The first-order valence-corrected chi connectivity index (χ1v) is 6.49. The molecule has 3 N–H and O–H groups in total. The smallest absolute Gasteiger partial charge is 0.258 e. The Bertz CT molecular complexity index is 527. The lowest BCUT2D eigenvalue weighted by Crippen LogP contribution is -2.48. The van der Waals surface area contributed by atoms with Crippen LogP contribution in [0.25, 0.3) is 0 Å². The molecule has 5 nitrogen and oxygen atoms in total. The summed E-state index contributed by atoms with van der Waals surface area (Å²) >= 11 is 0. The molecule has 0 bridgehead atoms. The van der Waals surface area contributed by atoms with Crippen molar-refractivity contribution < 1.29 is 9.59 Å². The van der Waals surface area contributed by atoms with Gasteiger partial charge in [0.05, 0.1) is 11.3 Å². The van der Waals surface area contributed by atoms with Gasteiger partial charge in [0.1, 0.15) is 6.04 Å². The molecule has 1 aromatic rings. The fourth-order valence-corrected chi connectivity index (χ4v) is 2.36. The van der Waals surface area contributed by atoms with Crippen molar-refractivity contribution in [1.29, 1.82) is 0 Å². The number of amides is 2. The van der Waals surface area contributed by atoms with Gasteiger partial charge in [-0.1, -0.05) is 13.0 Å². The van der Waals surface area contributed by atoms with E-state index in [1.54, 1.807) is 30.0 Å². The van der Waals surface area contributed by atoms with E-state index in [0.717, 1.165) is 6.42 Å². The molecule has 0 fully saturated rings. The fraction of sp³-hybridized carbons (Fsp3) is 0.429. The van der Waals surface area contributed by atoms with Crippen LogP contribution in [0.1, 0.15) is 37.6 Å². The lowest BCUT2D eigenvalue weighted by Gasteiger charge is -2.31. The minimum atomic E-state index is -0.505. The van der Waals surface area contributed by atoms with Crippen LogP contribution in [0.4, 0.5) is 11.4 Å². The number of fused-ring (bicyclic) bond motifs is 1. The molecule has 0 aliphatic carbocycles. The van der Waals surface area contributed by atoms with E-state index in [2.05, 4.69) is 5.32 Å². The summed E-state index contributed by atoms with van der Waals surface area (Å²) in [4.78, 5) is 26.4. The van der Waals surface area contributed by atoms with Crippen molar-refractivity contribution in [3.05, 3.63) is 23.8 Å². The monoisotopic (exact) mass is 261 g/mol. The predicted octanol–water partition coefficient (Wildman–Crippen LogP) is 1.85. The van der Waals surface area contributed by atoms with E-state index in [9.17, 15) is 9.59 Å². The van der Waals surface area contributed by atoms with Crippen molar-refractivity contribution in [1.82, 2.24) is 4.90 Å². The van der Waals surface area contributed by atoms with E-state index in [4.69, 9.17) is 5.73 Å². The first-order chi connectivity index (χ1) is 8.97. The van der Waals surface area contributed by atoms with Crippen LogP contribution in [0, 0.1) is 0 Å². The van der Waals surface area contributed by atoms with Crippen LogP contribution in [0.3, 0.4) is 0 Å². The molecule has 2 atom stereocenters. The average Bonchev–Trinajstić information content (AvgIpc) is 2.46. The largest absolute Gasteiger partial charge is 0.398 e. The summed E-state index contributed by atoms with van der Waals surface area (Å²) in [5.74, 6) is -0.369. The standard InChI is InChI=1S/C14H19N3O2/c1-4-8(2)17-9(3)13(18)16-11-7-5-6-10(15)12(11)14(17)19/h5-9H,4,15H2,1-3H3,(H,16,18). The van der Waals surface area contributed by atoms with Gasteiger partial charge in [-0.25, -0.2) is 0 Å². The number of rotatable bonds is 2. The maximum atomic E-state index is 12.7. The Kier molecular flexibility index (Phi) is 3.46. The number of nitrogens with zero attached hydrogens (tertiary/aromatic N) is 1. The first kappa shape index (κ1) is 13.4. The van der Waals surface area contributed by atoms with Crippen molar-refractivity contribution in [3.8, 4) is 0 Å². The molecule has 2 rings (SSSR count). The van der Waals surface area contributed by atoms with Gasteiger partial charge in [-0.05, 0) is 32.4 Å². The zero-order chi connectivity index (χ0) is 14.2. The zero-order valence-electron chi connectivity index (χ0n) is 11.4. The highest BCUT2D eigenvalue weighted by molar-refractivity contribution is 6.12. The van der Waals surface area contributed by atoms with Gasteiger partial charge >= 0.3 is 0 Å². The van der Waals surface area contributed by atoms with Gasteiger partial charge in [0, 0.05) is 11.7 Å². The third-order valence-electron chi connectivity index (χ3n) is 3.67. The highest BCUT2D eigenvalue weighted by Crippen LogP contribution is 2.29. The fourth-order valence-electron chi connectivity index (χ4n) is 2.36. The van der Waals surface area contributed by atoms with E-state index in [1.165, 1.54) is 0 Å². The summed E-state index contributed by atoms with van der Waals surface area (Å²) in [7, 11) is 0. The van der Waals surface area contributed by atoms with Gasteiger partial charge in [-0.15, -0.1) is 0 Å². The Hall–Kier alpha value is -2.04. The quantitative estimate of drug-likeness (QED) is 0.798. The van der Waals surface area contributed by atoms with E-state index in [1.807, 2.05) is 13.8 Å². The van der Waals surface area contributed by atoms with Gasteiger partial charge in [0.2, 0.25) is 5.91 Å². The molecule has 1 aromatic carbocycles. The maximum Gasteiger partial charge on any atom is 0.258 e. The molecular weight excluding hydrogens is 242 g/mol. The molecule has 0 saturated heterocycles. The third-order valence-corrected chi connectivity index (χ3v) is 3.67. The topological polar surface area (TPSA) is 75.4 Å².